The molecule has 21 heavy (non-hydrogen) atoms. The van der Waals surface area contributed by atoms with E-state index in [0.29, 0.717) is 23.8 Å². The number of hydrogen-bond donors (Lipinski definition) is 1. The summed E-state index contributed by atoms with van der Waals surface area (Å²) in [6.07, 6.45) is 8.49. The van der Waals surface area contributed by atoms with E-state index in [2.05, 4.69) is 35.8 Å². The van der Waals surface area contributed by atoms with Crippen LogP contribution in [-0.2, 0) is 0 Å². The van der Waals surface area contributed by atoms with Gasteiger partial charge in [-0.25, -0.2) is 0 Å². The molecule has 1 aliphatic heterocycles. The molecule has 1 saturated carbocycles. The summed E-state index contributed by atoms with van der Waals surface area (Å²) in [7, 11) is 0. The van der Waals surface area contributed by atoms with Crippen molar-refractivity contribution in [1.82, 2.24) is 0 Å². The lowest BCUT2D eigenvalue weighted by Crippen LogP contribution is -2.37. The zero-order valence-corrected chi connectivity index (χ0v) is 13.6. The van der Waals surface area contributed by atoms with Crippen LogP contribution in [0.15, 0.2) is 15.2 Å². The summed E-state index contributed by atoms with van der Waals surface area (Å²) in [4.78, 5) is 4.05. The van der Waals surface area contributed by atoms with Crippen molar-refractivity contribution in [3.05, 3.63) is 0 Å². The Morgan fingerprint density at radius 3 is 2.67 bits per heavy atom. The summed E-state index contributed by atoms with van der Waals surface area (Å²) >= 11 is 0. The van der Waals surface area contributed by atoms with Crippen molar-refractivity contribution in [3.8, 4) is 0 Å². The number of hydrogen-bond acceptors (Lipinski definition) is 4. The van der Waals surface area contributed by atoms with Gasteiger partial charge in [-0.3, -0.25) is 0 Å². The molecule has 0 radical (unpaired) electrons. The van der Waals surface area contributed by atoms with Gasteiger partial charge in [0, 0.05) is 41.8 Å². The first-order valence-electron chi connectivity index (χ1n) is 8.43. The number of fused-ring (bicyclic) bond motifs is 1. The lowest BCUT2D eigenvalue weighted by Gasteiger charge is -2.34. The highest BCUT2D eigenvalue weighted by molar-refractivity contribution is 5.98. The van der Waals surface area contributed by atoms with Gasteiger partial charge < -0.3 is 10.7 Å². The predicted octanol–water partition coefficient (Wildman–Crippen LogP) is 3.46. The normalized spacial score (nSPS) is 32.4. The summed E-state index contributed by atoms with van der Waals surface area (Å²) in [6.45, 7) is 8.70. The molecule has 4 heteroatoms. The van der Waals surface area contributed by atoms with Crippen LogP contribution < -0.4 is 5.73 Å². The van der Waals surface area contributed by atoms with E-state index in [0.717, 1.165) is 19.4 Å². The second-order valence-electron chi connectivity index (χ2n) is 6.76. The fourth-order valence-electron chi connectivity index (χ4n) is 3.78. The molecule has 2 N–H and O–H groups in total. The first kappa shape index (κ1) is 16.3. The molecule has 0 saturated heterocycles. The van der Waals surface area contributed by atoms with Crippen molar-refractivity contribution in [3.63, 3.8) is 0 Å². The van der Waals surface area contributed by atoms with Gasteiger partial charge in [-0.1, -0.05) is 26.2 Å². The Bertz CT molecular complexity index is 413. The fraction of sp³-hybridized carbons (Fsp3) is 0.824. The third-order valence-corrected chi connectivity index (χ3v) is 5.07. The maximum Gasteiger partial charge on any atom is 0.0489 e. The van der Waals surface area contributed by atoms with Gasteiger partial charge in [0.15, 0.2) is 0 Å². The van der Waals surface area contributed by atoms with Gasteiger partial charge in [0.05, 0.1) is 0 Å². The second-order valence-corrected chi connectivity index (χ2v) is 6.76. The zero-order chi connectivity index (χ0) is 15.2. The molecule has 0 aromatic heterocycles. The first-order chi connectivity index (χ1) is 10.1. The van der Waals surface area contributed by atoms with E-state index in [4.69, 9.17) is 5.73 Å². The van der Waals surface area contributed by atoms with Crippen LogP contribution >= 0.6 is 0 Å². The highest BCUT2D eigenvalue weighted by Gasteiger charge is 2.34. The monoisotopic (exact) mass is 290 g/mol. The third kappa shape index (κ3) is 4.22. The van der Waals surface area contributed by atoms with Gasteiger partial charge in [0.1, 0.15) is 0 Å². The van der Waals surface area contributed by atoms with Crippen LogP contribution in [0.5, 0.6) is 0 Å². The molecule has 0 spiro atoms. The molecule has 4 atom stereocenters. The Hall–Kier alpha value is -1.03. The number of nitrogens with zero attached hydrogens (tertiary/aromatic N) is 3. The molecular formula is C17H30N4. The van der Waals surface area contributed by atoms with E-state index in [9.17, 15) is 0 Å². The molecule has 1 fully saturated rings. The lowest BCUT2D eigenvalue weighted by molar-refractivity contribution is 0.373. The van der Waals surface area contributed by atoms with E-state index in [-0.39, 0.29) is 0 Å². The van der Waals surface area contributed by atoms with E-state index >= 15 is 0 Å². The Balaban J connectivity index is 2.19. The first-order valence-corrected chi connectivity index (χ1v) is 8.43. The topological polar surface area (TPSA) is 63.1 Å². The lowest BCUT2D eigenvalue weighted by atomic mass is 9.74. The van der Waals surface area contributed by atoms with Crippen molar-refractivity contribution >= 4 is 18.1 Å². The van der Waals surface area contributed by atoms with Crippen LogP contribution in [0.2, 0.25) is 0 Å². The summed E-state index contributed by atoms with van der Waals surface area (Å²) in [6, 6.07) is 0.344. The van der Waals surface area contributed by atoms with Crippen LogP contribution in [0.25, 0.3) is 0 Å². The largest absolute Gasteiger partial charge is 0.328 e. The zero-order valence-electron chi connectivity index (χ0n) is 13.6. The molecule has 0 bridgehead atoms. The summed E-state index contributed by atoms with van der Waals surface area (Å²) in [5.74, 6) is 1.39. The SMILES string of the molecule is C=NCC(C)C1=NN=C(C)C2CCCCCC(N)CCC12. The molecule has 0 amide bonds. The van der Waals surface area contributed by atoms with Crippen molar-refractivity contribution in [2.75, 3.05) is 6.54 Å². The summed E-state index contributed by atoms with van der Waals surface area (Å²) in [5, 5.41) is 9.00. The molecule has 4 nitrogen and oxygen atoms in total. The molecular weight excluding hydrogens is 260 g/mol. The molecule has 1 aliphatic carbocycles. The fourth-order valence-corrected chi connectivity index (χ4v) is 3.78. The highest BCUT2D eigenvalue weighted by Crippen LogP contribution is 2.33. The van der Waals surface area contributed by atoms with Crippen molar-refractivity contribution in [1.29, 1.82) is 0 Å². The van der Waals surface area contributed by atoms with Crippen molar-refractivity contribution in [2.24, 2.45) is 38.7 Å². The molecule has 118 valence electrons. The minimum atomic E-state index is 0.339. The summed E-state index contributed by atoms with van der Waals surface area (Å²) < 4.78 is 0. The van der Waals surface area contributed by atoms with Crippen molar-refractivity contribution < 1.29 is 0 Å². The molecule has 0 aromatic carbocycles. The minimum absolute atomic E-state index is 0.339. The van der Waals surface area contributed by atoms with Gasteiger partial charge in [0.2, 0.25) is 0 Å². The molecule has 2 aliphatic rings. The number of rotatable bonds is 3. The Kier molecular flexibility index (Phi) is 6.09. The van der Waals surface area contributed by atoms with Gasteiger partial charge in [-0.15, -0.1) is 0 Å². The van der Waals surface area contributed by atoms with E-state index in [1.807, 2.05) is 0 Å². The van der Waals surface area contributed by atoms with E-state index in [1.54, 1.807) is 0 Å². The number of aliphatic imine (C=N–C) groups is 1. The molecule has 1 heterocycles. The molecule has 4 unspecified atom stereocenters. The predicted molar refractivity (Wildman–Crippen MR) is 91.4 cm³/mol. The standard InChI is InChI=1S/C17H30N4/c1-12(11-19-3)17-16-10-9-14(18)7-5-4-6-8-15(16)13(2)20-21-17/h12,14-16H,3-11,18H2,1-2H3. The van der Waals surface area contributed by atoms with E-state index in [1.165, 1.54) is 43.5 Å². The maximum absolute atomic E-state index is 6.26. The number of nitrogens with two attached hydrogens (primary N) is 1. The third-order valence-electron chi connectivity index (χ3n) is 5.07. The van der Waals surface area contributed by atoms with Gasteiger partial charge in [-0.2, -0.15) is 10.2 Å². The van der Waals surface area contributed by atoms with Crippen LogP contribution in [-0.4, -0.2) is 30.7 Å². The summed E-state index contributed by atoms with van der Waals surface area (Å²) in [5.41, 5.74) is 8.70. The van der Waals surface area contributed by atoms with Gasteiger partial charge in [-0.05, 0) is 39.3 Å². The average Bonchev–Trinajstić information content (AvgIpc) is 2.46. The Labute approximate surface area is 129 Å². The quantitative estimate of drug-likeness (QED) is 0.795. The smallest absolute Gasteiger partial charge is 0.0489 e. The van der Waals surface area contributed by atoms with E-state index < -0.39 is 0 Å². The molecule has 0 aromatic rings. The maximum atomic E-state index is 6.26. The van der Waals surface area contributed by atoms with Crippen LogP contribution in [0.1, 0.15) is 58.8 Å². The Morgan fingerprint density at radius 2 is 1.90 bits per heavy atom. The Morgan fingerprint density at radius 1 is 1.14 bits per heavy atom. The van der Waals surface area contributed by atoms with Crippen LogP contribution in [0.3, 0.4) is 0 Å². The van der Waals surface area contributed by atoms with Gasteiger partial charge in [0.25, 0.3) is 0 Å². The highest BCUT2D eigenvalue weighted by atomic mass is 15.2. The second kappa shape index (κ2) is 7.83. The van der Waals surface area contributed by atoms with Crippen molar-refractivity contribution in [2.45, 2.75) is 64.8 Å². The van der Waals surface area contributed by atoms with Crippen LogP contribution in [0, 0.1) is 17.8 Å². The van der Waals surface area contributed by atoms with Gasteiger partial charge >= 0.3 is 0 Å². The minimum Gasteiger partial charge on any atom is -0.328 e. The van der Waals surface area contributed by atoms with Crippen LogP contribution in [0.4, 0.5) is 0 Å². The average molecular weight is 290 g/mol. The molecule has 2 rings (SSSR count).